The zero-order chi connectivity index (χ0) is 11.0. The van der Waals surface area contributed by atoms with Gasteiger partial charge in [0.2, 0.25) is 0 Å². The molecule has 0 atom stereocenters. The van der Waals surface area contributed by atoms with Crippen molar-refractivity contribution < 1.29 is 13.2 Å². The fourth-order valence-electron chi connectivity index (χ4n) is 1.08. The summed E-state index contributed by atoms with van der Waals surface area (Å²) in [6.07, 6.45) is 0.393. The summed E-state index contributed by atoms with van der Waals surface area (Å²) in [5.41, 5.74) is 0.298. The summed E-state index contributed by atoms with van der Waals surface area (Å²) in [6, 6.07) is 0.232. The Bertz CT molecular complexity index is 165. The molecule has 0 aromatic heterocycles. The molecule has 80 valence electrons. The molecule has 0 unspecified atom stereocenters. The van der Waals surface area contributed by atoms with Crippen LogP contribution in [0.1, 0.15) is 19.3 Å². The van der Waals surface area contributed by atoms with Gasteiger partial charge in [0.25, 0.3) is 0 Å². The average Bonchev–Trinajstić information content (AvgIpc) is 2.02. The molecule has 0 saturated heterocycles. The third-order valence-corrected chi connectivity index (χ3v) is 3.33. The molecule has 0 N–H and O–H groups in total. The van der Waals surface area contributed by atoms with E-state index in [-0.39, 0.29) is 6.04 Å². The lowest BCUT2D eigenvalue weighted by Gasteiger charge is -2.12. The van der Waals surface area contributed by atoms with E-state index in [0.717, 1.165) is 12.8 Å². The molecule has 0 aromatic rings. The third-order valence-electron chi connectivity index (χ3n) is 1.74. The molecular weight excluding hydrogens is 205 g/mol. The summed E-state index contributed by atoms with van der Waals surface area (Å²) >= 11 is 0. The Morgan fingerprint density at radius 1 is 1.14 bits per heavy atom. The summed E-state index contributed by atoms with van der Waals surface area (Å²) in [6.45, 7) is 7.17. The molecular formula is C10H15F3Si. The molecule has 0 bridgehead atoms. The van der Waals surface area contributed by atoms with E-state index >= 15 is 0 Å². The molecule has 0 aliphatic heterocycles. The molecule has 0 amide bonds. The van der Waals surface area contributed by atoms with Gasteiger partial charge in [-0.1, -0.05) is 18.2 Å². The van der Waals surface area contributed by atoms with E-state index in [4.69, 9.17) is 0 Å². The van der Waals surface area contributed by atoms with Gasteiger partial charge in [0.1, 0.15) is 0 Å². The van der Waals surface area contributed by atoms with Gasteiger partial charge in [-0.3, -0.25) is 0 Å². The highest BCUT2D eigenvalue weighted by atomic mass is 28.2. The molecule has 0 nitrogen and oxygen atoms in total. The maximum Gasteiger partial charge on any atom is 0.388 e. The molecule has 0 aliphatic rings. The Balaban J connectivity index is 3.70. The van der Waals surface area contributed by atoms with Crippen LogP contribution in [0.15, 0.2) is 25.3 Å². The minimum atomic E-state index is -4.01. The van der Waals surface area contributed by atoms with Crippen molar-refractivity contribution in [3.63, 3.8) is 0 Å². The number of rotatable bonds is 7. The smallest absolute Gasteiger partial charge is 0.171 e. The number of hydrogen-bond acceptors (Lipinski definition) is 0. The summed E-state index contributed by atoms with van der Waals surface area (Å²) in [7, 11) is 0.348. The third kappa shape index (κ3) is 8.10. The molecule has 0 aromatic carbocycles. The van der Waals surface area contributed by atoms with Crippen LogP contribution in [-0.2, 0) is 0 Å². The van der Waals surface area contributed by atoms with Gasteiger partial charge in [0.05, 0.1) is 0 Å². The summed E-state index contributed by atoms with van der Waals surface area (Å²) < 4.78 is 35.5. The maximum atomic E-state index is 11.8. The van der Waals surface area contributed by atoms with Crippen LogP contribution < -0.4 is 0 Å². The molecule has 0 heterocycles. The van der Waals surface area contributed by atoms with Crippen LogP contribution in [0.5, 0.6) is 0 Å². The van der Waals surface area contributed by atoms with E-state index in [9.17, 15) is 13.2 Å². The molecule has 0 aliphatic carbocycles. The Hall–Kier alpha value is -0.513. The van der Waals surface area contributed by atoms with Gasteiger partial charge in [-0.2, -0.15) is 13.2 Å². The minimum Gasteiger partial charge on any atom is -0.171 e. The molecule has 2 radical (unpaired) electrons. The maximum absolute atomic E-state index is 11.8. The van der Waals surface area contributed by atoms with Crippen LogP contribution in [0.4, 0.5) is 13.2 Å². The van der Waals surface area contributed by atoms with Crippen molar-refractivity contribution in [2.75, 3.05) is 0 Å². The van der Waals surface area contributed by atoms with E-state index in [1.807, 2.05) is 0 Å². The van der Waals surface area contributed by atoms with Crippen molar-refractivity contribution in [3.8, 4) is 0 Å². The number of halogens is 3. The fraction of sp³-hybridized carbons (Fsp3) is 0.600. The predicted octanol–water partition coefficient (Wildman–Crippen LogP) is 4.00. The zero-order valence-electron chi connectivity index (χ0n) is 8.11. The highest BCUT2D eigenvalue weighted by molar-refractivity contribution is 6.37. The highest BCUT2D eigenvalue weighted by Gasteiger charge is 2.26. The second kappa shape index (κ2) is 6.87. The van der Waals surface area contributed by atoms with Crippen molar-refractivity contribution in [2.45, 2.75) is 37.0 Å². The van der Waals surface area contributed by atoms with Crippen molar-refractivity contribution in [1.82, 2.24) is 0 Å². The van der Waals surface area contributed by atoms with Crippen LogP contribution in [0.2, 0.25) is 11.6 Å². The molecule has 0 spiro atoms. The average molecular weight is 220 g/mol. The van der Waals surface area contributed by atoms with Gasteiger partial charge in [-0.25, -0.2) is 0 Å². The lowest BCUT2D eigenvalue weighted by atomic mass is 10.2. The predicted molar refractivity (Wildman–Crippen MR) is 54.6 cm³/mol. The Labute approximate surface area is 85.7 Å². The quantitative estimate of drug-likeness (QED) is 0.449. The van der Waals surface area contributed by atoms with E-state index in [1.54, 1.807) is 12.2 Å². The van der Waals surface area contributed by atoms with Crippen LogP contribution in [0.3, 0.4) is 0 Å². The molecule has 0 fully saturated rings. The van der Waals surface area contributed by atoms with Crippen LogP contribution in [-0.4, -0.2) is 15.7 Å². The van der Waals surface area contributed by atoms with Gasteiger partial charge in [0, 0.05) is 15.9 Å². The van der Waals surface area contributed by atoms with Gasteiger partial charge >= 0.3 is 6.18 Å². The monoisotopic (exact) mass is 220 g/mol. The van der Waals surface area contributed by atoms with E-state index < -0.39 is 12.6 Å². The number of alkyl halides is 3. The van der Waals surface area contributed by atoms with Crippen molar-refractivity contribution in [1.29, 1.82) is 0 Å². The standard InChI is InChI=1S/C10H15F3Si/c1-3-5-9(6-4-2)14-8-7-10(11,12)13/h3-4,9H,1-2,5-8H2. The molecule has 14 heavy (non-hydrogen) atoms. The summed E-state index contributed by atoms with van der Waals surface area (Å²) in [5, 5.41) is 0. The lowest BCUT2D eigenvalue weighted by Crippen LogP contribution is -2.10. The summed E-state index contributed by atoms with van der Waals surface area (Å²) in [4.78, 5) is 0. The zero-order valence-corrected chi connectivity index (χ0v) is 9.11. The Morgan fingerprint density at radius 2 is 1.64 bits per heavy atom. The van der Waals surface area contributed by atoms with Crippen molar-refractivity contribution in [3.05, 3.63) is 25.3 Å². The second-order valence-corrected chi connectivity index (χ2v) is 4.79. The van der Waals surface area contributed by atoms with E-state index in [0.29, 0.717) is 15.1 Å². The second-order valence-electron chi connectivity index (χ2n) is 3.06. The normalized spacial score (nSPS) is 11.7. The minimum absolute atomic E-state index is 0.232. The first-order chi connectivity index (χ1) is 6.49. The van der Waals surface area contributed by atoms with Crippen molar-refractivity contribution >= 4 is 9.52 Å². The SMILES string of the molecule is C=CCC(CC=C)[Si]CCC(F)(F)F. The number of hydrogen-bond donors (Lipinski definition) is 0. The van der Waals surface area contributed by atoms with Crippen molar-refractivity contribution in [2.24, 2.45) is 0 Å². The highest BCUT2D eigenvalue weighted by Crippen LogP contribution is 2.24. The van der Waals surface area contributed by atoms with Crippen LogP contribution in [0, 0.1) is 0 Å². The molecule has 0 rings (SSSR count). The Kier molecular flexibility index (Phi) is 6.62. The molecule has 4 heteroatoms. The largest absolute Gasteiger partial charge is 0.388 e. The first kappa shape index (κ1) is 13.5. The lowest BCUT2D eigenvalue weighted by molar-refractivity contribution is -0.130. The van der Waals surface area contributed by atoms with Gasteiger partial charge in [-0.15, -0.1) is 13.2 Å². The van der Waals surface area contributed by atoms with Crippen LogP contribution in [0.25, 0.3) is 0 Å². The van der Waals surface area contributed by atoms with Gasteiger partial charge in [0.15, 0.2) is 0 Å². The van der Waals surface area contributed by atoms with E-state index in [2.05, 4.69) is 13.2 Å². The molecule has 0 saturated carbocycles. The topological polar surface area (TPSA) is 0 Å². The number of allylic oxidation sites excluding steroid dienone is 2. The van der Waals surface area contributed by atoms with Gasteiger partial charge in [-0.05, 0) is 18.4 Å². The first-order valence-electron chi connectivity index (χ1n) is 4.51. The van der Waals surface area contributed by atoms with Gasteiger partial charge < -0.3 is 0 Å². The summed E-state index contributed by atoms with van der Waals surface area (Å²) in [5.74, 6) is 0. The van der Waals surface area contributed by atoms with Crippen LogP contribution >= 0.6 is 0 Å². The Morgan fingerprint density at radius 3 is 2.00 bits per heavy atom. The fourth-order valence-corrected chi connectivity index (χ4v) is 2.59. The first-order valence-corrected chi connectivity index (χ1v) is 5.80. The van der Waals surface area contributed by atoms with E-state index in [1.165, 1.54) is 0 Å².